The molecule has 2 rings (SSSR count). The minimum atomic E-state index is -1.15. The van der Waals surface area contributed by atoms with Gasteiger partial charge in [0.15, 0.2) is 5.82 Å². The fourth-order valence-corrected chi connectivity index (χ4v) is 3.42. The number of amides is 2. The molecule has 0 aliphatic heterocycles. The van der Waals surface area contributed by atoms with Crippen molar-refractivity contribution in [2.24, 2.45) is 0 Å². The summed E-state index contributed by atoms with van der Waals surface area (Å²) in [6.45, 7) is 13.0. The number of nitrogens with one attached hydrogen (secondary N) is 3. The Morgan fingerprint density at radius 2 is 1.74 bits per heavy atom. The van der Waals surface area contributed by atoms with Gasteiger partial charge >= 0.3 is 6.09 Å². The van der Waals surface area contributed by atoms with Crippen LogP contribution in [0.3, 0.4) is 0 Å². The molecule has 3 atom stereocenters. The molecule has 0 saturated heterocycles. The maximum absolute atomic E-state index is 12.9. The monoisotopic (exact) mass is 489 g/mol. The second kappa shape index (κ2) is 12.1. The smallest absolute Gasteiger partial charge is 0.408 e. The van der Waals surface area contributed by atoms with E-state index in [1.807, 2.05) is 58.0 Å². The first-order valence-electron chi connectivity index (χ1n) is 11.9. The predicted octanol–water partition coefficient (Wildman–Crippen LogP) is 2.24. The molecule has 0 aliphatic carbocycles. The lowest BCUT2D eigenvalue weighted by Gasteiger charge is -2.27. The summed E-state index contributed by atoms with van der Waals surface area (Å²) >= 11 is 0. The van der Waals surface area contributed by atoms with Gasteiger partial charge in [0.1, 0.15) is 17.9 Å². The molecule has 2 amide bonds. The third-order valence-corrected chi connectivity index (χ3v) is 4.98. The number of ether oxygens (including phenoxy) is 1. The number of carbonyl (C=O) groups excluding carboxylic acids is 2. The van der Waals surface area contributed by atoms with Crippen molar-refractivity contribution in [2.45, 2.75) is 90.8 Å². The fraction of sp³-hybridized carbons (Fsp3) is 0.625. The zero-order valence-electron chi connectivity index (χ0n) is 21.7. The van der Waals surface area contributed by atoms with Gasteiger partial charge in [0.25, 0.3) is 0 Å². The molecule has 1 aromatic heterocycles. The highest BCUT2D eigenvalue weighted by Gasteiger charge is 2.29. The Kier molecular flexibility index (Phi) is 9.73. The zero-order chi connectivity index (χ0) is 26.2. The maximum Gasteiger partial charge on any atom is 0.408 e. The standard InChI is InChI=1S/C24H39N7O4/c1-8-12-17(26-22(34)35-24(5,6)7)21(33)25-15-18(32)27-19(16-13-10-9-11-14-16)20-28-29-30-31(20)23(2,3)4/h9-11,13-14,17,19,21,25,33H,8,12,15H2,1-7H3,(H,26,34)(H,27,32). The summed E-state index contributed by atoms with van der Waals surface area (Å²) in [6, 6.07) is 8.19. The molecule has 2 aromatic rings. The van der Waals surface area contributed by atoms with Crippen LogP contribution in [0.25, 0.3) is 0 Å². The molecule has 0 aliphatic rings. The largest absolute Gasteiger partial charge is 0.444 e. The molecule has 0 fully saturated rings. The van der Waals surface area contributed by atoms with Crippen LogP contribution in [0, 0.1) is 0 Å². The summed E-state index contributed by atoms with van der Waals surface area (Å²) in [5, 5.41) is 31.2. The van der Waals surface area contributed by atoms with Crippen LogP contribution >= 0.6 is 0 Å². The summed E-state index contributed by atoms with van der Waals surface area (Å²) in [7, 11) is 0. The SMILES string of the molecule is CCCC(NC(=O)OC(C)(C)C)C(O)NCC(=O)NC(c1ccccc1)c1nnnn1C(C)(C)C. The number of hydrogen-bond donors (Lipinski definition) is 4. The summed E-state index contributed by atoms with van der Waals surface area (Å²) < 4.78 is 6.96. The molecule has 3 unspecified atom stereocenters. The number of aliphatic hydroxyl groups is 1. The van der Waals surface area contributed by atoms with E-state index in [-0.39, 0.29) is 12.5 Å². The molecular weight excluding hydrogens is 450 g/mol. The van der Waals surface area contributed by atoms with E-state index in [1.165, 1.54) is 0 Å². The fourth-order valence-electron chi connectivity index (χ4n) is 3.42. The van der Waals surface area contributed by atoms with Crippen molar-refractivity contribution in [1.82, 2.24) is 36.2 Å². The molecule has 4 N–H and O–H groups in total. The van der Waals surface area contributed by atoms with Gasteiger partial charge in [0.05, 0.1) is 18.1 Å². The molecule has 0 bridgehead atoms. The third kappa shape index (κ3) is 8.91. The Balaban J connectivity index is 2.09. The second-order valence-corrected chi connectivity index (χ2v) is 10.4. The minimum Gasteiger partial charge on any atom is -0.444 e. The molecule has 11 heteroatoms. The third-order valence-electron chi connectivity index (χ3n) is 4.98. The number of hydrogen-bond acceptors (Lipinski definition) is 8. The number of rotatable bonds is 10. The van der Waals surface area contributed by atoms with Crippen LogP contribution in [0.5, 0.6) is 0 Å². The molecule has 0 spiro atoms. The molecule has 1 heterocycles. The van der Waals surface area contributed by atoms with Crippen molar-refractivity contribution in [2.75, 3.05) is 6.54 Å². The highest BCUT2D eigenvalue weighted by molar-refractivity contribution is 5.79. The van der Waals surface area contributed by atoms with Crippen molar-refractivity contribution in [3.63, 3.8) is 0 Å². The lowest BCUT2D eigenvalue weighted by molar-refractivity contribution is -0.121. The van der Waals surface area contributed by atoms with Gasteiger partial charge in [-0.25, -0.2) is 9.48 Å². The number of tetrazole rings is 1. The Morgan fingerprint density at radius 1 is 1.09 bits per heavy atom. The first kappa shape index (κ1) is 28.2. The number of nitrogens with zero attached hydrogens (tertiary/aromatic N) is 4. The number of carbonyl (C=O) groups is 2. The van der Waals surface area contributed by atoms with Gasteiger partial charge in [-0.05, 0) is 64.0 Å². The van der Waals surface area contributed by atoms with Crippen LogP contribution < -0.4 is 16.0 Å². The second-order valence-electron chi connectivity index (χ2n) is 10.4. The van der Waals surface area contributed by atoms with E-state index in [0.29, 0.717) is 12.2 Å². The van der Waals surface area contributed by atoms with Gasteiger partial charge in [-0.15, -0.1) is 5.10 Å². The van der Waals surface area contributed by atoms with E-state index < -0.39 is 35.5 Å². The molecule has 0 radical (unpaired) electrons. The van der Waals surface area contributed by atoms with Crippen LogP contribution in [0.15, 0.2) is 30.3 Å². The molecular formula is C24H39N7O4. The highest BCUT2D eigenvalue weighted by atomic mass is 16.6. The van der Waals surface area contributed by atoms with Crippen LogP contribution in [-0.2, 0) is 15.1 Å². The molecule has 35 heavy (non-hydrogen) atoms. The Morgan fingerprint density at radius 3 is 2.31 bits per heavy atom. The van der Waals surface area contributed by atoms with Crippen LogP contribution in [0.1, 0.15) is 78.7 Å². The minimum absolute atomic E-state index is 0.183. The predicted molar refractivity (Wildman–Crippen MR) is 131 cm³/mol. The number of benzene rings is 1. The zero-order valence-corrected chi connectivity index (χ0v) is 21.7. The van der Waals surface area contributed by atoms with E-state index in [2.05, 4.69) is 31.5 Å². The van der Waals surface area contributed by atoms with Gasteiger partial charge in [-0.1, -0.05) is 43.7 Å². The van der Waals surface area contributed by atoms with Crippen molar-refractivity contribution >= 4 is 12.0 Å². The molecule has 11 nitrogen and oxygen atoms in total. The summed E-state index contributed by atoms with van der Waals surface area (Å²) in [5.74, 6) is 0.127. The number of aromatic nitrogens is 4. The Bertz CT molecular complexity index is 951. The molecule has 1 aromatic carbocycles. The van der Waals surface area contributed by atoms with E-state index in [0.717, 1.165) is 12.0 Å². The van der Waals surface area contributed by atoms with Gasteiger partial charge in [-0.3, -0.25) is 10.1 Å². The highest BCUT2D eigenvalue weighted by Crippen LogP contribution is 2.24. The van der Waals surface area contributed by atoms with Gasteiger partial charge in [0, 0.05) is 0 Å². The average Bonchev–Trinajstić information content (AvgIpc) is 3.25. The van der Waals surface area contributed by atoms with Crippen LogP contribution in [-0.4, -0.2) is 61.7 Å². The number of aliphatic hydroxyl groups excluding tert-OH is 1. The summed E-state index contributed by atoms with van der Waals surface area (Å²) in [5.41, 5.74) is -0.239. The average molecular weight is 490 g/mol. The summed E-state index contributed by atoms with van der Waals surface area (Å²) in [4.78, 5) is 25.1. The van der Waals surface area contributed by atoms with Crippen molar-refractivity contribution in [1.29, 1.82) is 0 Å². The van der Waals surface area contributed by atoms with Crippen molar-refractivity contribution in [3.8, 4) is 0 Å². The lowest BCUT2D eigenvalue weighted by Crippen LogP contribution is -2.53. The quantitative estimate of drug-likeness (QED) is 0.372. The van der Waals surface area contributed by atoms with Gasteiger partial charge in [-0.2, -0.15) is 0 Å². The number of alkyl carbamates (subject to hydrolysis) is 1. The maximum atomic E-state index is 12.9. The Labute approximate surface area is 207 Å². The Hall–Kier alpha value is -3.05. The topological polar surface area (TPSA) is 143 Å². The normalized spacial score (nSPS) is 14.6. The molecule has 0 saturated carbocycles. The van der Waals surface area contributed by atoms with Crippen LogP contribution in [0.2, 0.25) is 0 Å². The van der Waals surface area contributed by atoms with Crippen molar-refractivity contribution in [3.05, 3.63) is 41.7 Å². The first-order chi connectivity index (χ1) is 16.3. The van der Waals surface area contributed by atoms with E-state index in [1.54, 1.807) is 25.5 Å². The van der Waals surface area contributed by atoms with Crippen LogP contribution in [0.4, 0.5) is 4.79 Å². The van der Waals surface area contributed by atoms with E-state index in [9.17, 15) is 14.7 Å². The van der Waals surface area contributed by atoms with Crippen molar-refractivity contribution < 1.29 is 19.4 Å². The van der Waals surface area contributed by atoms with E-state index >= 15 is 0 Å². The van der Waals surface area contributed by atoms with E-state index in [4.69, 9.17) is 4.74 Å². The lowest BCUT2D eigenvalue weighted by atomic mass is 10.0. The molecule has 194 valence electrons. The summed E-state index contributed by atoms with van der Waals surface area (Å²) in [6.07, 6.45) is -0.554. The van der Waals surface area contributed by atoms with Gasteiger partial charge < -0.3 is 20.5 Å². The first-order valence-corrected chi connectivity index (χ1v) is 11.9. The van der Waals surface area contributed by atoms with Gasteiger partial charge in [0.2, 0.25) is 5.91 Å².